The zero-order valence-corrected chi connectivity index (χ0v) is 14.4. The van der Waals surface area contributed by atoms with Gasteiger partial charge in [-0.15, -0.1) is 0 Å². The normalized spacial score (nSPS) is 12.1. The van der Waals surface area contributed by atoms with E-state index in [2.05, 4.69) is 73.2 Å². The Kier molecular flexibility index (Phi) is 7.09. The lowest BCUT2D eigenvalue weighted by Gasteiger charge is -2.25. The number of hydrogen-bond acceptors (Lipinski definition) is 1. The maximum absolute atomic E-state index is 3.54. The number of halogens is 1. The van der Waals surface area contributed by atoms with Crippen LogP contribution in [0.15, 0.2) is 28.7 Å². The quantitative estimate of drug-likeness (QED) is 0.660. The van der Waals surface area contributed by atoms with Crippen molar-refractivity contribution in [2.75, 3.05) is 13.1 Å². The molecule has 2 heteroatoms. The number of hydrogen-bond donors (Lipinski definition) is 1. The molecule has 0 bridgehead atoms. The van der Waals surface area contributed by atoms with E-state index in [1.807, 2.05) is 0 Å². The summed E-state index contributed by atoms with van der Waals surface area (Å²) in [6.45, 7) is 11.5. The molecule has 0 radical (unpaired) electrons. The Labute approximate surface area is 127 Å². The molecule has 19 heavy (non-hydrogen) atoms. The van der Waals surface area contributed by atoms with E-state index in [1.54, 1.807) is 0 Å². The number of nitrogens with one attached hydrogen (secondary N) is 1. The van der Waals surface area contributed by atoms with Gasteiger partial charge in [-0.25, -0.2) is 0 Å². The van der Waals surface area contributed by atoms with Gasteiger partial charge in [0.1, 0.15) is 0 Å². The minimum absolute atomic E-state index is 0.414. The molecule has 0 unspecified atom stereocenters. The second-order valence-electron chi connectivity index (χ2n) is 6.64. The Bertz CT molecular complexity index is 354. The molecule has 1 N–H and O–H groups in total. The van der Waals surface area contributed by atoms with Gasteiger partial charge in [-0.2, -0.15) is 0 Å². The smallest absolute Gasteiger partial charge is 0.0175 e. The lowest BCUT2D eigenvalue weighted by atomic mass is 9.83. The first kappa shape index (κ1) is 16.7. The maximum Gasteiger partial charge on any atom is 0.0175 e. The van der Waals surface area contributed by atoms with Gasteiger partial charge in [0.05, 0.1) is 0 Å². The SMILES string of the molecule is CC(C)CNCCC(C)(C)CCc1ccc(Br)cc1. The average Bonchev–Trinajstić information content (AvgIpc) is 2.34. The molecule has 0 aliphatic heterocycles. The van der Waals surface area contributed by atoms with E-state index < -0.39 is 0 Å². The van der Waals surface area contributed by atoms with Crippen LogP contribution in [0.1, 0.15) is 46.1 Å². The third-order valence-corrected chi connectivity index (χ3v) is 4.06. The van der Waals surface area contributed by atoms with Gasteiger partial charge in [0.25, 0.3) is 0 Å². The van der Waals surface area contributed by atoms with Gasteiger partial charge < -0.3 is 5.32 Å². The average molecular weight is 326 g/mol. The van der Waals surface area contributed by atoms with E-state index in [9.17, 15) is 0 Å². The second kappa shape index (κ2) is 8.06. The molecule has 1 rings (SSSR count). The van der Waals surface area contributed by atoms with Crippen molar-refractivity contribution in [1.82, 2.24) is 5.32 Å². The van der Waals surface area contributed by atoms with Crippen LogP contribution in [-0.2, 0) is 6.42 Å². The minimum atomic E-state index is 0.414. The summed E-state index contributed by atoms with van der Waals surface area (Å²) in [4.78, 5) is 0. The van der Waals surface area contributed by atoms with Gasteiger partial charge in [0, 0.05) is 4.47 Å². The molecule has 0 saturated heterocycles. The van der Waals surface area contributed by atoms with E-state index in [1.165, 1.54) is 24.8 Å². The Balaban J connectivity index is 2.27. The maximum atomic E-state index is 3.54. The molecule has 0 fully saturated rings. The van der Waals surface area contributed by atoms with Crippen molar-refractivity contribution in [2.45, 2.75) is 47.0 Å². The van der Waals surface area contributed by atoms with Crippen LogP contribution >= 0.6 is 15.9 Å². The van der Waals surface area contributed by atoms with Crippen molar-refractivity contribution >= 4 is 15.9 Å². The molecule has 0 atom stereocenters. The van der Waals surface area contributed by atoms with E-state index >= 15 is 0 Å². The monoisotopic (exact) mass is 325 g/mol. The van der Waals surface area contributed by atoms with Crippen molar-refractivity contribution in [2.24, 2.45) is 11.3 Å². The fourth-order valence-electron chi connectivity index (χ4n) is 2.08. The summed E-state index contributed by atoms with van der Waals surface area (Å²) in [5, 5.41) is 3.54. The van der Waals surface area contributed by atoms with Crippen molar-refractivity contribution in [3.8, 4) is 0 Å². The molecule has 0 aliphatic rings. The Morgan fingerprint density at radius 3 is 2.32 bits per heavy atom. The van der Waals surface area contributed by atoms with Gasteiger partial charge in [-0.3, -0.25) is 0 Å². The molecule has 1 aromatic rings. The van der Waals surface area contributed by atoms with Gasteiger partial charge in [-0.05, 0) is 61.4 Å². The number of benzene rings is 1. The van der Waals surface area contributed by atoms with E-state index in [-0.39, 0.29) is 0 Å². The Hall–Kier alpha value is -0.340. The summed E-state index contributed by atoms with van der Waals surface area (Å²) in [6.07, 6.45) is 3.67. The molecule has 0 saturated carbocycles. The summed E-state index contributed by atoms with van der Waals surface area (Å²) in [5.41, 5.74) is 1.85. The van der Waals surface area contributed by atoms with E-state index in [0.29, 0.717) is 5.41 Å². The molecule has 1 aromatic carbocycles. The fraction of sp³-hybridized carbons (Fsp3) is 0.647. The lowest BCUT2D eigenvalue weighted by Crippen LogP contribution is -2.25. The summed E-state index contributed by atoms with van der Waals surface area (Å²) in [7, 11) is 0. The van der Waals surface area contributed by atoms with Crippen LogP contribution < -0.4 is 5.32 Å². The zero-order valence-electron chi connectivity index (χ0n) is 12.8. The molecule has 0 aromatic heterocycles. The molecule has 0 aliphatic carbocycles. The number of rotatable bonds is 8. The highest BCUT2D eigenvalue weighted by Crippen LogP contribution is 2.26. The van der Waals surface area contributed by atoms with Crippen molar-refractivity contribution < 1.29 is 0 Å². The predicted octanol–water partition coefficient (Wildman–Crippen LogP) is 5.04. The summed E-state index contributed by atoms with van der Waals surface area (Å²) in [6, 6.07) is 8.70. The standard InChI is InChI=1S/C17H28BrN/c1-14(2)13-19-12-11-17(3,4)10-9-15-5-7-16(18)8-6-15/h5-8,14,19H,9-13H2,1-4H3. The van der Waals surface area contributed by atoms with Crippen LogP contribution in [0.5, 0.6) is 0 Å². The topological polar surface area (TPSA) is 12.0 Å². The van der Waals surface area contributed by atoms with Crippen molar-refractivity contribution in [3.63, 3.8) is 0 Å². The molecule has 0 spiro atoms. The summed E-state index contributed by atoms with van der Waals surface area (Å²) < 4.78 is 1.16. The first-order chi connectivity index (χ1) is 8.89. The third kappa shape index (κ3) is 7.74. The van der Waals surface area contributed by atoms with Crippen molar-refractivity contribution in [3.05, 3.63) is 34.3 Å². The van der Waals surface area contributed by atoms with Gasteiger partial charge in [0.15, 0.2) is 0 Å². The van der Waals surface area contributed by atoms with Crippen LogP contribution in [0.25, 0.3) is 0 Å². The lowest BCUT2D eigenvalue weighted by molar-refractivity contribution is 0.300. The highest BCUT2D eigenvalue weighted by Gasteiger charge is 2.17. The van der Waals surface area contributed by atoms with Crippen LogP contribution in [0, 0.1) is 11.3 Å². The van der Waals surface area contributed by atoms with Crippen LogP contribution in [0.4, 0.5) is 0 Å². The van der Waals surface area contributed by atoms with Gasteiger partial charge in [0.2, 0.25) is 0 Å². The fourth-order valence-corrected chi connectivity index (χ4v) is 2.34. The summed E-state index contributed by atoms with van der Waals surface area (Å²) >= 11 is 3.48. The van der Waals surface area contributed by atoms with Crippen LogP contribution in [0.2, 0.25) is 0 Å². The largest absolute Gasteiger partial charge is 0.316 e. The minimum Gasteiger partial charge on any atom is -0.316 e. The molecule has 0 heterocycles. The highest BCUT2D eigenvalue weighted by atomic mass is 79.9. The molecule has 0 amide bonds. The van der Waals surface area contributed by atoms with Gasteiger partial charge >= 0.3 is 0 Å². The van der Waals surface area contributed by atoms with Gasteiger partial charge in [-0.1, -0.05) is 55.8 Å². The number of aryl methyl sites for hydroxylation is 1. The molecular formula is C17H28BrN. The Morgan fingerprint density at radius 2 is 1.74 bits per heavy atom. The zero-order chi connectivity index (χ0) is 14.3. The summed E-state index contributed by atoms with van der Waals surface area (Å²) in [5.74, 6) is 0.742. The predicted molar refractivity (Wildman–Crippen MR) is 88.6 cm³/mol. The second-order valence-corrected chi connectivity index (χ2v) is 7.55. The van der Waals surface area contributed by atoms with Crippen molar-refractivity contribution in [1.29, 1.82) is 0 Å². The van der Waals surface area contributed by atoms with E-state index in [0.717, 1.165) is 23.5 Å². The first-order valence-corrected chi connectivity index (χ1v) is 8.13. The Morgan fingerprint density at radius 1 is 1.11 bits per heavy atom. The molecule has 1 nitrogen and oxygen atoms in total. The highest BCUT2D eigenvalue weighted by molar-refractivity contribution is 9.10. The molecule has 108 valence electrons. The first-order valence-electron chi connectivity index (χ1n) is 7.34. The molecular weight excluding hydrogens is 298 g/mol. The van der Waals surface area contributed by atoms with Crippen LogP contribution in [-0.4, -0.2) is 13.1 Å². The van der Waals surface area contributed by atoms with E-state index in [4.69, 9.17) is 0 Å². The van der Waals surface area contributed by atoms with Crippen LogP contribution in [0.3, 0.4) is 0 Å². The third-order valence-electron chi connectivity index (χ3n) is 3.53.